The molecule has 1 aromatic heterocycles. The molecule has 1 heterocycles. The first-order valence-electron chi connectivity index (χ1n) is 6.10. The van der Waals surface area contributed by atoms with Crippen molar-refractivity contribution in [3.63, 3.8) is 0 Å². The van der Waals surface area contributed by atoms with E-state index < -0.39 is 0 Å². The second kappa shape index (κ2) is 7.12. The van der Waals surface area contributed by atoms with Gasteiger partial charge in [-0.25, -0.2) is 4.98 Å². The van der Waals surface area contributed by atoms with Crippen LogP contribution < -0.4 is 10.1 Å². The van der Waals surface area contributed by atoms with Gasteiger partial charge in [-0.1, -0.05) is 0 Å². The van der Waals surface area contributed by atoms with Gasteiger partial charge in [0, 0.05) is 12.7 Å². The van der Waals surface area contributed by atoms with Crippen LogP contribution in [0.4, 0.5) is 5.82 Å². The van der Waals surface area contributed by atoms with Gasteiger partial charge >= 0.3 is 0 Å². The fourth-order valence-electron chi connectivity index (χ4n) is 1.47. The average Bonchev–Trinajstić information content (AvgIpc) is 2.25. The molecule has 1 N–H and O–H groups in total. The van der Waals surface area contributed by atoms with Gasteiger partial charge in [0.15, 0.2) is 11.6 Å². The Morgan fingerprint density at radius 1 is 1.41 bits per heavy atom. The highest BCUT2D eigenvalue weighted by Crippen LogP contribution is 2.21. The molecule has 0 aliphatic heterocycles. The molecule has 0 radical (unpaired) electrons. The zero-order valence-corrected chi connectivity index (χ0v) is 11.2. The molecule has 0 aromatic carbocycles. The molecule has 0 saturated carbocycles. The molecular formula is C13H23N3O. The van der Waals surface area contributed by atoms with Crippen LogP contribution in [0.3, 0.4) is 0 Å². The lowest BCUT2D eigenvalue weighted by molar-refractivity contribution is 0.243. The molecule has 0 bridgehead atoms. The zero-order valence-electron chi connectivity index (χ0n) is 11.2. The van der Waals surface area contributed by atoms with Gasteiger partial charge in [-0.15, -0.1) is 0 Å². The Kier molecular flexibility index (Phi) is 5.77. The molecule has 0 unspecified atom stereocenters. The van der Waals surface area contributed by atoms with Crippen molar-refractivity contribution in [2.24, 2.45) is 0 Å². The Bertz CT molecular complexity index is 326. The van der Waals surface area contributed by atoms with Crippen LogP contribution in [0.25, 0.3) is 0 Å². The van der Waals surface area contributed by atoms with Gasteiger partial charge in [-0.05, 0) is 53.0 Å². The molecule has 1 aromatic rings. The predicted molar refractivity (Wildman–Crippen MR) is 71.7 cm³/mol. The number of nitrogens with zero attached hydrogens (tertiary/aromatic N) is 2. The maximum absolute atomic E-state index is 5.69. The summed E-state index contributed by atoms with van der Waals surface area (Å²) in [5.41, 5.74) is 0. The number of aromatic nitrogens is 1. The summed E-state index contributed by atoms with van der Waals surface area (Å²) in [5.74, 6) is 1.66. The van der Waals surface area contributed by atoms with Crippen LogP contribution in [0, 0.1) is 0 Å². The Hall–Kier alpha value is -1.29. The van der Waals surface area contributed by atoms with E-state index in [1.807, 2.05) is 26.0 Å². The number of rotatable bonds is 7. The summed E-state index contributed by atoms with van der Waals surface area (Å²) in [5, 5.41) is 3.31. The predicted octanol–water partition coefficient (Wildman–Crippen LogP) is 2.23. The fourth-order valence-corrected chi connectivity index (χ4v) is 1.47. The minimum absolute atomic E-state index is 0.168. The smallest absolute Gasteiger partial charge is 0.168 e. The lowest BCUT2D eigenvalue weighted by Gasteiger charge is -2.15. The van der Waals surface area contributed by atoms with Crippen LogP contribution in [0.2, 0.25) is 0 Å². The first-order chi connectivity index (χ1) is 8.09. The number of hydrogen-bond acceptors (Lipinski definition) is 4. The summed E-state index contributed by atoms with van der Waals surface area (Å²) in [6, 6.07) is 3.84. The Labute approximate surface area is 104 Å². The second-order valence-corrected chi connectivity index (χ2v) is 4.60. The van der Waals surface area contributed by atoms with E-state index >= 15 is 0 Å². The lowest BCUT2D eigenvalue weighted by Crippen LogP contribution is -2.17. The molecule has 4 heteroatoms. The monoisotopic (exact) mass is 237 g/mol. The number of anilines is 1. The molecule has 0 spiro atoms. The molecule has 0 aliphatic carbocycles. The van der Waals surface area contributed by atoms with Crippen LogP contribution in [0.15, 0.2) is 18.3 Å². The number of hydrogen-bond donors (Lipinski definition) is 1. The van der Waals surface area contributed by atoms with Gasteiger partial charge < -0.3 is 15.0 Å². The molecule has 96 valence electrons. The van der Waals surface area contributed by atoms with Crippen molar-refractivity contribution >= 4 is 5.82 Å². The average molecular weight is 237 g/mol. The van der Waals surface area contributed by atoms with Gasteiger partial charge in [0.25, 0.3) is 0 Å². The van der Waals surface area contributed by atoms with Gasteiger partial charge in [0.2, 0.25) is 0 Å². The Balaban J connectivity index is 2.46. The fraction of sp³-hybridized carbons (Fsp3) is 0.615. The van der Waals surface area contributed by atoms with Crippen LogP contribution in [0.1, 0.15) is 20.3 Å². The minimum Gasteiger partial charge on any atom is -0.487 e. The van der Waals surface area contributed by atoms with Gasteiger partial charge in [0.05, 0.1) is 6.10 Å². The van der Waals surface area contributed by atoms with E-state index in [0.717, 1.165) is 31.1 Å². The highest BCUT2D eigenvalue weighted by atomic mass is 16.5. The van der Waals surface area contributed by atoms with Gasteiger partial charge in [-0.3, -0.25) is 0 Å². The van der Waals surface area contributed by atoms with E-state index in [9.17, 15) is 0 Å². The van der Waals surface area contributed by atoms with Crippen LogP contribution in [-0.4, -0.2) is 43.2 Å². The van der Waals surface area contributed by atoms with E-state index in [0.29, 0.717) is 0 Å². The minimum atomic E-state index is 0.168. The molecule has 0 amide bonds. The van der Waals surface area contributed by atoms with Crippen molar-refractivity contribution in [3.8, 4) is 5.75 Å². The van der Waals surface area contributed by atoms with Crippen molar-refractivity contribution in [1.82, 2.24) is 9.88 Å². The topological polar surface area (TPSA) is 37.4 Å². The largest absolute Gasteiger partial charge is 0.487 e. The Morgan fingerprint density at radius 2 is 2.18 bits per heavy atom. The molecule has 17 heavy (non-hydrogen) atoms. The van der Waals surface area contributed by atoms with Crippen molar-refractivity contribution < 1.29 is 4.74 Å². The summed E-state index contributed by atoms with van der Waals surface area (Å²) in [7, 11) is 4.15. The van der Waals surface area contributed by atoms with Gasteiger partial charge in [-0.2, -0.15) is 0 Å². The first kappa shape index (κ1) is 13.8. The third kappa shape index (κ3) is 5.54. The van der Waals surface area contributed by atoms with E-state index in [4.69, 9.17) is 4.74 Å². The summed E-state index contributed by atoms with van der Waals surface area (Å²) >= 11 is 0. The third-order valence-corrected chi connectivity index (χ3v) is 2.21. The van der Waals surface area contributed by atoms with Crippen molar-refractivity contribution in [2.45, 2.75) is 26.4 Å². The molecule has 4 nitrogen and oxygen atoms in total. The number of nitrogens with one attached hydrogen (secondary N) is 1. The molecular weight excluding hydrogens is 214 g/mol. The number of pyridine rings is 1. The highest BCUT2D eigenvalue weighted by Gasteiger charge is 2.05. The highest BCUT2D eigenvalue weighted by molar-refractivity contribution is 5.49. The quantitative estimate of drug-likeness (QED) is 0.738. The van der Waals surface area contributed by atoms with E-state index in [1.165, 1.54) is 0 Å². The van der Waals surface area contributed by atoms with Crippen LogP contribution in [0.5, 0.6) is 5.75 Å². The maximum atomic E-state index is 5.69. The van der Waals surface area contributed by atoms with Gasteiger partial charge in [0.1, 0.15) is 0 Å². The summed E-state index contributed by atoms with van der Waals surface area (Å²) in [6.45, 7) is 6.01. The second-order valence-electron chi connectivity index (χ2n) is 4.60. The lowest BCUT2D eigenvalue weighted by atomic mass is 10.3. The standard InChI is InChI=1S/C13H23N3O/c1-11(2)17-12-7-5-8-14-13(12)15-9-6-10-16(3)4/h5,7-8,11H,6,9-10H2,1-4H3,(H,14,15). The molecule has 0 saturated heterocycles. The van der Waals surface area contributed by atoms with E-state index in [-0.39, 0.29) is 6.10 Å². The van der Waals surface area contributed by atoms with Crippen molar-refractivity contribution in [1.29, 1.82) is 0 Å². The van der Waals surface area contributed by atoms with Crippen molar-refractivity contribution in [3.05, 3.63) is 18.3 Å². The van der Waals surface area contributed by atoms with E-state index in [1.54, 1.807) is 6.20 Å². The maximum Gasteiger partial charge on any atom is 0.168 e. The first-order valence-corrected chi connectivity index (χ1v) is 6.10. The Morgan fingerprint density at radius 3 is 2.82 bits per heavy atom. The summed E-state index contributed by atoms with van der Waals surface area (Å²) < 4.78 is 5.69. The molecule has 1 rings (SSSR count). The normalized spacial score (nSPS) is 10.9. The molecule has 0 aliphatic rings. The molecule has 0 atom stereocenters. The third-order valence-electron chi connectivity index (χ3n) is 2.21. The van der Waals surface area contributed by atoms with E-state index in [2.05, 4.69) is 29.3 Å². The van der Waals surface area contributed by atoms with Crippen LogP contribution in [-0.2, 0) is 0 Å². The van der Waals surface area contributed by atoms with Crippen LogP contribution >= 0.6 is 0 Å². The SMILES string of the molecule is CC(C)Oc1cccnc1NCCCN(C)C. The summed E-state index contributed by atoms with van der Waals surface area (Å²) in [4.78, 5) is 6.47. The number of ether oxygens (including phenoxy) is 1. The van der Waals surface area contributed by atoms with Crippen molar-refractivity contribution in [2.75, 3.05) is 32.5 Å². The summed E-state index contributed by atoms with van der Waals surface area (Å²) in [6.07, 6.45) is 3.04. The zero-order chi connectivity index (χ0) is 12.7. The molecule has 0 fully saturated rings.